The van der Waals surface area contributed by atoms with Gasteiger partial charge in [0.1, 0.15) is 11.8 Å². The fraction of sp³-hybridized carbons (Fsp3) is 0.133. The van der Waals surface area contributed by atoms with E-state index in [-0.39, 0.29) is 17.5 Å². The highest BCUT2D eigenvalue weighted by atomic mass is 16.6. The van der Waals surface area contributed by atoms with Gasteiger partial charge in [-0.25, -0.2) is 0 Å². The first-order valence-corrected chi connectivity index (χ1v) is 12.1. The molecule has 0 bridgehead atoms. The number of nitro benzene ring substituents is 1. The lowest BCUT2D eigenvalue weighted by atomic mass is 9.93. The molecule has 182 valence electrons. The van der Waals surface area contributed by atoms with Crippen LogP contribution in [0.25, 0.3) is 0 Å². The summed E-state index contributed by atoms with van der Waals surface area (Å²) < 4.78 is 6.28. The van der Waals surface area contributed by atoms with Gasteiger partial charge in [0.25, 0.3) is 5.69 Å². The predicted molar refractivity (Wildman–Crippen MR) is 140 cm³/mol. The van der Waals surface area contributed by atoms with Gasteiger partial charge in [-0.1, -0.05) is 78.9 Å². The maximum absolute atomic E-state index is 13.7. The highest BCUT2D eigenvalue weighted by Crippen LogP contribution is 2.47. The van der Waals surface area contributed by atoms with E-state index in [1.807, 2.05) is 65.7 Å². The van der Waals surface area contributed by atoms with Crippen molar-refractivity contribution in [3.63, 3.8) is 0 Å². The number of hydrogen-bond donors (Lipinski definition) is 0. The maximum Gasteiger partial charge on any atom is 0.269 e. The second-order valence-electron chi connectivity index (χ2n) is 9.11. The van der Waals surface area contributed by atoms with Crippen molar-refractivity contribution in [2.24, 2.45) is 5.10 Å². The Hall–Kier alpha value is -4.78. The number of benzene rings is 4. The molecular formula is C30H23N3O4. The summed E-state index contributed by atoms with van der Waals surface area (Å²) in [7, 11) is 0. The molecule has 0 fully saturated rings. The van der Waals surface area contributed by atoms with Crippen LogP contribution in [0.5, 0.6) is 5.75 Å². The first-order chi connectivity index (χ1) is 18.1. The summed E-state index contributed by atoms with van der Waals surface area (Å²) in [5, 5.41) is 18.2. The number of hydrogen-bond acceptors (Lipinski definition) is 6. The van der Waals surface area contributed by atoms with Crippen LogP contribution in [0.1, 0.15) is 45.6 Å². The molecule has 0 saturated carbocycles. The molecule has 0 aromatic heterocycles. The van der Waals surface area contributed by atoms with Gasteiger partial charge in [0.05, 0.1) is 16.7 Å². The summed E-state index contributed by atoms with van der Waals surface area (Å²) in [6, 6.07) is 32.8. The highest BCUT2D eigenvalue weighted by Gasteiger charge is 2.47. The van der Waals surface area contributed by atoms with E-state index >= 15 is 0 Å². The molecule has 6 rings (SSSR count). The summed E-state index contributed by atoms with van der Waals surface area (Å²) in [6.45, 7) is 0. The SMILES string of the molecule is O=C(c1ccccc1)C1Oc2ccccc2C1N1N=C(c2ccc([N+](=O)[O-])cc2)CC1c1ccccc1. The van der Waals surface area contributed by atoms with Crippen molar-refractivity contribution in [3.05, 3.63) is 142 Å². The summed E-state index contributed by atoms with van der Waals surface area (Å²) >= 11 is 0. The number of ether oxygens (including phenoxy) is 1. The molecule has 0 aliphatic carbocycles. The van der Waals surface area contributed by atoms with Gasteiger partial charge >= 0.3 is 0 Å². The average Bonchev–Trinajstić information content (AvgIpc) is 3.55. The number of carbonyl (C=O) groups excluding carboxylic acids is 1. The van der Waals surface area contributed by atoms with Gasteiger partial charge < -0.3 is 4.74 Å². The number of non-ortho nitro benzene ring substituents is 1. The van der Waals surface area contributed by atoms with Crippen LogP contribution in [-0.4, -0.2) is 27.5 Å². The molecule has 2 heterocycles. The normalized spacial score (nSPS) is 20.2. The lowest BCUT2D eigenvalue weighted by Crippen LogP contribution is -2.38. The molecule has 37 heavy (non-hydrogen) atoms. The van der Waals surface area contributed by atoms with Crippen LogP contribution in [0.15, 0.2) is 114 Å². The minimum Gasteiger partial charge on any atom is -0.479 e. The number of rotatable bonds is 6. The van der Waals surface area contributed by atoms with E-state index in [4.69, 9.17) is 9.84 Å². The molecular weight excluding hydrogens is 466 g/mol. The van der Waals surface area contributed by atoms with Crippen LogP contribution in [0.2, 0.25) is 0 Å². The Kier molecular flexibility index (Phi) is 5.73. The maximum atomic E-state index is 13.7. The number of ketones is 1. The van der Waals surface area contributed by atoms with E-state index in [2.05, 4.69) is 12.1 Å². The Bertz CT molecular complexity index is 1490. The van der Waals surface area contributed by atoms with Crippen LogP contribution in [0, 0.1) is 10.1 Å². The van der Waals surface area contributed by atoms with Crippen molar-refractivity contribution < 1.29 is 14.5 Å². The number of nitro groups is 1. The van der Waals surface area contributed by atoms with E-state index in [1.54, 1.807) is 24.3 Å². The molecule has 0 radical (unpaired) electrons. The van der Waals surface area contributed by atoms with Gasteiger partial charge in [0, 0.05) is 29.7 Å². The molecule has 2 aliphatic heterocycles. The zero-order valence-electron chi connectivity index (χ0n) is 19.8. The third kappa shape index (κ3) is 4.14. The number of Topliss-reactive ketones (excluding diaryl/α,β-unsaturated/α-hetero) is 1. The molecule has 3 atom stereocenters. The van der Waals surface area contributed by atoms with Crippen LogP contribution < -0.4 is 4.74 Å². The van der Waals surface area contributed by atoms with Crippen LogP contribution >= 0.6 is 0 Å². The van der Waals surface area contributed by atoms with Crippen molar-refractivity contribution in [2.75, 3.05) is 0 Å². The first kappa shape index (κ1) is 22.7. The Morgan fingerprint density at radius 1 is 0.865 bits per heavy atom. The van der Waals surface area contributed by atoms with Crippen molar-refractivity contribution in [3.8, 4) is 5.75 Å². The molecule has 7 heteroatoms. The topological polar surface area (TPSA) is 85.0 Å². The minimum absolute atomic E-state index is 0.0328. The van der Waals surface area contributed by atoms with E-state index in [0.717, 1.165) is 22.4 Å². The van der Waals surface area contributed by atoms with Gasteiger partial charge in [-0.15, -0.1) is 0 Å². The first-order valence-electron chi connectivity index (χ1n) is 12.1. The quantitative estimate of drug-likeness (QED) is 0.185. The number of para-hydroxylation sites is 1. The Morgan fingerprint density at radius 3 is 2.22 bits per heavy atom. The third-order valence-electron chi connectivity index (χ3n) is 6.92. The molecule has 0 spiro atoms. The average molecular weight is 490 g/mol. The molecule has 0 amide bonds. The number of fused-ring (bicyclic) bond motifs is 1. The number of hydrazone groups is 1. The Balaban J connectivity index is 1.45. The molecule has 4 aromatic rings. The highest BCUT2D eigenvalue weighted by molar-refractivity contribution is 6.03. The van der Waals surface area contributed by atoms with E-state index in [0.29, 0.717) is 17.7 Å². The molecule has 7 nitrogen and oxygen atoms in total. The van der Waals surface area contributed by atoms with Crippen molar-refractivity contribution in [2.45, 2.75) is 24.6 Å². The summed E-state index contributed by atoms with van der Waals surface area (Å²) in [4.78, 5) is 24.5. The third-order valence-corrected chi connectivity index (χ3v) is 6.92. The fourth-order valence-corrected chi connectivity index (χ4v) is 5.12. The summed E-state index contributed by atoms with van der Waals surface area (Å²) in [6.07, 6.45) is -0.182. The molecule has 0 saturated heterocycles. The molecule has 4 aromatic carbocycles. The van der Waals surface area contributed by atoms with E-state index < -0.39 is 17.1 Å². The zero-order chi connectivity index (χ0) is 25.4. The largest absolute Gasteiger partial charge is 0.479 e. The van der Waals surface area contributed by atoms with Crippen LogP contribution in [0.3, 0.4) is 0 Å². The fourth-order valence-electron chi connectivity index (χ4n) is 5.12. The van der Waals surface area contributed by atoms with Gasteiger partial charge in [-0.05, 0) is 29.3 Å². The van der Waals surface area contributed by atoms with Gasteiger partial charge in [-0.3, -0.25) is 19.9 Å². The van der Waals surface area contributed by atoms with Crippen molar-refractivity contribution >= 4 is 17.2 Å². The van der Waals surface area contributed by atoms with Crippen LogP contribution in [-0.2, 0) is 0 Å². The van der Waals surface area contributed by atoms with Crippen molar-refractivity contribution in [1.82, 2.24) is 5.01 Å². The standard InChI is InChI=1S/C30H23N3O4/c34-29(22-11-5-2-6-12-22)30-28(24-13-7-8-14-27(24)37-30)32-26(21-9-3-1-4-10-21)19-25(31-32)20-15-17-23(18-16-20)33(35)36/h1-18,26,28,30H,19H2. The smallest absolute Gasteiger partial charge is 0.269 e. The van der Waals surface area contributed by atoms with Crippen molar-refractivity contribution in [1.29, 1.82) is 0 Å². The van der Waals surface area contributed by atoms with E-state index in [9.17, 15) is 14.9 Å². The number of carbonyl (C=O) groups is 1. The molecule has 0 N–H and O–H groups in total. The van der Waals surface area contributed by atoms with Gasteiger partial charge in [0.2, 0.25) is 5.78 Å². The zero-order valence-corrected chi connectivity index (χ0v) is 19.8. The summed E-state index contributed by atoms with van der Waals surface area (Å²) in [5.74, 6) is 0.570. The monoisotopic (exact) mass is 489 g/mol. The second kappa shape index (κ2) is 9.35. The Labute approximate surface area is 213 Å². The van der Waals surface area contributed by atoms with Gasteiger partial charge in [0.15, 0.2) is 6.10 Å². The lowest BCUT2D eigenvalue weighted by Gasteiger charge is -2.32. The minimum atomic E-state index is -0.772. The predicted octanol–water partition coefficient (Wildman–Crippen LogP) is 6.13. The molecule has 2 aliphatic rings. The van der Waals surface area contributed by atoms with Gasteiger partial charge in [-0.2, -0.15) is 5.10 Å². The lowest BCUT2D eigenvalue weighted by molar-refractivity contribution is -0.384. The van der Waals surface area contributed by atoms with E-state index in [1.165, 1.54) is 12.1 Å². The number of nitrogens with zero attached hydrogens (tertiary/aromatic N) is 3. The Morgan fingerprint density at radius 2 is 1.51 bits per heavy atom. The molecule has 3 unspecified atom stereocenters. The summed E-state index contributed by atoms with van der Waals surface area (Å²) in [5.41, 5.74) is 4.21. The second-order valence-corrected chi connectivity index (χ2v) is 9.11. The van der Waals surface area contributed by atoms with Crippen LogP contribution in [0.4, 0.5) is 5.69 Å².